The molecule has 0 spiro atoms. The lowest BCUT2D eigenvalue weighted by atomic mass is 10.2. The van der Waals surface area contributed by atoms with Crippen LogP contribution in [0.4, 0.5) is 0 Å². The molecule has 2 aromatic heterocycles. The highest BCUT2D eigenvalue weighted by molar-refractivity contribution is 5.93. The van der Waals surface area contributed by atoms with Crippen LogP contribution in [0.3, 0.4) is 0 Å². The van der Waals surface area contributed by atoms with Crippen LogP contribution in [-0.4, -0.2) is 34.2 Å². The van der Waals surface area contributed by atoms with E-state index in [1.54, 1.807) is 30.6 Å². The molecule has 0 aliphatic heterocycles. The fraction of sp³-hybridized carbons (Fsp3) is 0.120. The van der Waals surface area contributed by atoms with Gasteiger partial charge in [0.05, 0.1) is 6.21 Å². The number of carbonyl (C=O) groups excluding carboxylic acids is 2. The lowest BCUT2D eigenvalue weighted by molar-refractivity contribution is -0.123. The number of primary amides is 1. The Bertz CT molecular complexity index is 1350. The van der Waals surface area contributed by atoms with E-state index < -0.39 is 5.91 Å². The maximum Gasteiger partial charge on any atom is 0.277 e. The van der Waals surface area contributed by atoms with Crippen LogP contribution < -0.4 is 15.9 Å². The van der Waals surface area contributed by atoms with Gasteiger partial charge in [-0.05, 0) is 56.3 Å². The Balaban J connectivity index is 1.40. The number of nitrogens with two attached hydrogens (primary N) is 1. The van der Waals surface area contributed by atoms with Gasteiger partial charge in [0.25, 0.3) is 5.91 Å². The number of ether oxygens (including phenoxy) is 1. The molecule has 0 unspecified atom stereocenters. The first-order valence-corrected chi connectivity index (χ1v) is 10.3. The van der Waals surface area contributed by atoms with Gasteiger partial charge in [0.1, 0.15) is 11.3 Å². The third-order valence-corrected chi connectivity index (χ3v) is 5.23. The summed E-state index contributed by atoms with van der Waals surface area (Å²) in [5.74, 6) is -0.306. The number of aryl methyl sites for hydroxylation is 1. The van der Waals surface area contributed by atoms with Crippen molar-refractivity contribution < 1.29 is 14.3 Å². The van der Waals surface area contributed by atoms with Crippen LogP contribution in [0, 0.1) is 13.8 Å². The molecule has 4 rings (SSSR count). The normalized spacial score (nSPS) is 11.1. The molecule has 0 radical (unpaired) electrons. The summed E-state index contributed by atoms with van der Waals surface area (Å²) in [7, 11) is 0. The first kappa shape index (κ1) is 21.8. The van der Waals surface area contributed by atoms with Crippen molar-refractivity contribution in [2.45, 2.75) is 13.8 Å². The van der Waals surface area contributed by atoms with Crippen LogP contribution in [-0.2, 0) is 4.79 Å². The van der Waals surface area contributed by atoms with E-state index in [1.807, 2.05) is 60.9 Å². The average Bonchev–Trinajstić information content (AvgIpc) is 3.10. The second kappa shape index (κ2) is 9.35. The highest BCUT2D eigenvalue weighted by Crippen LogP contribution is 2.23. The largest absolute Gasteiger partial charge is 0.481 e. The van der Waals surface area contributed by atoms with Crippen molar-refractivity contribution in [1.29, 1.82) is 0 Å². The number of fused-ring (bicyclic) bond motifs is 1. The molecule has 0 fully saturated rings. The molecular formula is C25H23N5O3. The molecule has 33 heavy (non-hydrogen) atoms. The fourth-order valence-electron chi connectivity index (χ4n) is 3.63. The SMILES string of the molecule is Cc1cc(/C=N/NC(=O)COc2cccc3cccnc23)c(C)n1-c1ccc(C(N)=O)cc1. The molecular weight excluding hydrogens is 418 g/mol. The summed E-state index contributed by atoms with van der Waals surface area (Å²) in [6, 6.07) is 18.4. The lowest BCUT2D eigenvalue weighted by Crippen LogP contribution is -2.24. The van der Waals surface area contributed by atoms with Crippen molar-refractivity contribution in [3.63, 3.8) is 0 Å². The molecule has 2 heterocycles. The van der Waals surface area contributed by atoms with Crippen LogP contribution in [0.5, 0.6) is 5.75 Å². The molecule has 0 aliphatic carbocycles. The van der Waals surface area contributed by atoms with Crippen molar-refractivity contribution in [2.75, 3.05) is 6.61 Å². The van der Waals surface area contributed by atoms with Crippen molar-refractivity contribution in [3.05, 3.63) is 89.4 Å². The van der Waals surface area contributed by atoms with Gasteiger partial charge in [-0.15, -0.1) is 0 Å². The zero-order valence-electron chi connectivity index (χ0n) is 18.3. The van der Waals surface area contributed by atoms with Gasteiger partial charge < -0.3 is 15.0 Å². The first-order valence-electron chi connectivity index (χ1n) is 10.3. The third kappa shape index (κ3) is 4.74. The third-order valence-electron chi connectivity index (χ3n) is 5.23. The predicted octanol–water partition coefficient (Wildman–Crippen LogP) is 3.27. The molecule has 0 atom stereocenters. The van der Waals surface area contributed by atoms with E-state index in [4.69, 9.17) is 10.5 Å². The number of aromatic nitrogens is 2. The molecule has 4 aromatic rings. The van der Waals surface area contributed by atoms with E-state index in [-0.39, 0.29) is 12.5 Å². The van der Waals surface area contributed by atoms with Crippen molar-refractivity contribution in [1.82, 2.24) is 15.0 Å². The predicted molar refractivity (Wildman–Crippen MR) is 127 cm³/mol. The highest BCUT2D eigenvalue weighted by atomic mass is 16.5. The minimum absolute atomic E-state index is 0.182. The first-order chi connectivity index (χ1) is 15.9. The number of carbonyl (C=O) groups is 2. The molecule has 0 aliphatic rings. The number of hydrogen-bond donors (Lipinski definition) is 2. The Morgan fingerprint density at radius 1 is 1.12 bits per heavy atom. The van der Waals surface area contributed by atoms with Gasteiger partial charge in [-0.25, -0.2) is 5.43 Å². The molecule has 8 nitrogen and oxygen atoms in total. The standard InChI is InChI=1S/C25H23N5O3/c1-16-13-20(17(2)30(16)21-10-8-19(9-11-21)25(26)32)14-28-29-23(31)15-33-22-7-3-5-18-6-4-12-27-24(18)22/h3-14H,15H2,1-2H3,(H2,26,32)(H,29,31)/b28-14+. The van der Waals surface area contributed by atoms with E-state index in [9.17, 15) is 9.59 Å². The lowest BCUT2D eigenvalue weighted by Gasteiger charge is -2.10. The maximum atomic E-state index is 12.2. The molecule has 0 bridgehead atoms. The van der Waals surface area contributed by atoms with E-state index in [0.29, 0.717) is 16.8 Å². The number of amides is 2. The molecule has 0 saturated carbocycles. The number of rotatable bonds is 7. The van der Waals surface area contributed by atoms with Gasteiger partial charge >= 0.3 is 0 Å². The molecule has 2 amide bonds. The van der Waals surface area contributed by atoms with Gasteiger partial charge in [-0.2, -0.15) is 5.10 Å². The summed E-state index contributed by atoms with van der Waals surface area (Å²) in [4.78, 5) is 27.8. The van der Waals surface area contributed by atoms with Gasteiger partial charge in [-0.3, -0.25) is 14.6 Å². The quantitative estimate of drug-likeness (QED) is 0.339. The van der Waals surface area contributed by atoms with Crippen LogP contribution in [0.25, 0.3) is 16.6 Å². The topological polar surface area (TPSA) is 112 Å². The van der Waals surface area contributed by atoms with Crippen LogP contribution in [0.1, 0.15) is 27.3 Å². The van der Waals surface area contributed by atoms with E-state index in [2.05, 4.69) is 15.5 Å². The Hall–Kier alpha value is -4.46. The molecule has 2 aromatic carbocycles. The number of pyridine rings is 1. The summed E-state index contributed by atoms with van der Waals surface area (Å²) in [6.45, 7) is 3.74. The van der Waals surface area contributed by atoms with Crippen LogP contribution >= 0.6 is 0 Å². The number of nitrogens with one attached hydrogen (secondary N) is 1. The summed E-state index contributed by atoms with van der Waals surface area (Å²) in [5.41, 5.74) is 12.6. The second-order valence-corrected chi connectivity index (χ2v) is 7.49. The zero-order valence-corrected chi connectivity index (χ0v) is 18.3. The Morgan fingerprint density at radius 3 is 2.64 bits per heavy atom. The van der Waals surface area contributed by atoms with Gasteiger partial charge in [-0.1, -0.05) is 18.2 Å². The molecule has 166 valence electrons. The summed E-state index contributed by atoms with van der Waals surface area (Å²) in [6.07, 6.45) is 3.27. The molecule has 3 N–H and O–H groups in total. The molecule has 0 saturated heterocycles. The maximum absolute atomic E-state index is 12.2. The van der Waals surface area contributed by atoms with Gasteiger partial charge in [0.15, 0.2) is 6.61 Å². The number of benzene rings is 2. The number of hydrogen-bond acceptors (Lipinski definition) is 5. The van der Waals surface area contributed by atoms with Crippen LogP contribution in [0.2, 0.25) is 0 Å². The Labute approximate surface area is 190 Å². The van der Waals surface area contributed by atoms with Crippen LogP contribution in [0.15, 0.2) is 72.0 Å². The van der Waals surface area contributed by atoms with E-state index >= 15 is 0 Å². The van der Waals surface area contributed by atoms with E-state index in [0.717, 1.165) is 28.0 Å². The average molecular weight is 441 g/mol. The highest BCUT2D eigenvalue weighted by Gasteiger charge is 2.11. The number of nitrogens with zero attached hydrogens (tertiary/aromatic N) is 3. The van der Waals surface area contributed by atoms with Gasteiger partial charge in [0.2, 0.25) is 5.91 Å². The summed E-state index contributed by atoms with van der Waals surface area (Å²) >= 11 is 0. The Kier molecular flexibility index (Phi) is 6.17. The fourth-order valence-corrected chi connectivity index (χ4v) is 3.63. The zero-order chi connectivity index (χ0) is 23.4. The van der Waals surface area contributed by atoms with E-state index in [1.165, 1.54) is 0 Å². The van der Waals surface area contributed by atoms with Crippen molar-refractivity contribution >= 4 is 28.9 Å². The monoisotopic (exact) mass is 441 g/mol. The molecule has 8 heteroatoms. The number of para-hydroxylation sites is 1. The smallest absolute Gasteiger partial charge is 0.277 e. The van der Waals surface area contributed by atoms with Gasteiger partial charge in [0, 0.05) is 39.8 Å². The minimum Gasteiger partial charge on any atom is -0.481 e. The summed E-state index contributed by atoms with van der Waals surface area (Å²) in [5, 5.41) is 5.01. The second-order valence-electron chi connectivity index (χ2n) is 7.49. The Morgan fingerprint density at radius 2 is 1.88 bits per heavy atom. The van der Waals surface area contributed by atoms with Crippen molar-refractivity contribution in [2.24, 2.45) is 10.8 Å². The summed E-state index contributed by atoms with van der Waals surface area (Å²) < 4.78 is 7.66. The van der Waals surface area contributed by atoms with Crippen molar-refractivity contribution in [3.8, 4) is 11.4 Å². The minimum atomic E-state index is -0.466. The number of hydrazone groups is 1.